The maximum absolute atomic E-state index is 12.8. The molecule has 4 N–H and O–H groups in total. The van der Waals surface area contributed by atoms with Crippen LogP contribution < -0.4 is 11.1 Å². The van der Waals surface area contributed by atoms with Crippen molar-refractivity contribution in [2.45, 2.75) is 57.3 Å². The molecule has 0 aromatic rings. The first-order valence-corrected chi connectivity index (χ1v) is 7.80. The van der Waals surface area contributed by atoms with Crippen molar-refractivity contribution < 1.29 is 37.1 Å². The molecule has 0 saturated carbocycles. The van der Waals surface area contributed by atoms with Crippen molar-refractivity contribution in [3.63, 3.8) is 0 Å². The lowest BCUT2D eigenvalue weighted by Crippen LogP contribution is -2.65. The molecular weight excluding hydrogens is 331 g/mol. The summed E-state index contributed by atoms with van der Waals surface area (Å²) in [6.45, 7) is 1.86. The number of carboxylic acid groups (broad SMARTS) is 1. The van der Waals surface area contributed by atoms with Gasteiger partial charge < -0.3 is 16.2 Å². The number of hydrogen-bond acceptors (Lipinski definition) is 4. The number of alkyl halides is 3. The lowest BCUT2D eigenvalue weighted by molar-refractivity contribution is -0.793. The molecular formula is C14H23F3N3O4+. The van der Waals surface area contributed by atoms with E-state index in [1.807, 2.05) is 0 Å². The van der Waals surface area contributed by atoms with E-state index in [1.165, 1.54) is 0 Å². The van der Waals surface area contributed by atoms with Gasteiger partial charge in [-0.2, -0.15) is 22.4 Å². The Labute approximate surface area is 137 Å². The van der Waals surface area contributed by atoms with E-state index in [9.17, 15) is 32.7 Å². The van der Waals surface area contributed by atoms with Crippen LogP contribution in [-0.4, -0.2) is 58.8 Å². The second-order valence-corrected chi connectivity index (χ2v) is 6.01. The number of halogens is 3. The molecule has 0 spiro atoms. The van der Waals surface area contributed by atoms with Crippen LogP contribution in [0.4, 0.5) is 18.0 Å². The third-order valence-corrected chi connectivity index (χ3v) is 4.43. The van der Waals surface area contributed by atoms with Gasteiger partial charge >= 0.3 is 24.1 Å². The highest BCUT2D eigenvalue weighted by atomic mass is 19.4. The summed E-state index contributed by atoms with van der Waals surface area (Å²) in [5.74, 6) is -3.16. The summed E-state index contributed by atoms with van der Waals surface area (Å²) < 4.78 is 36.6. The summed E-state index contributed by atoms with van der Waals surface area (Å²) in [7, 11) is 0. The summed E-state index contributed by atoms with van der Waals surface area (Å²) in [6, 6.07) is -2.07. The fourth-order valence-electron chi connectivity index (χ4n) is 3.05. The van der Waals surface area contributed by atoms with Gasteiger partial charge in [-0.25, -0.2) is 4.79 Å². The zero-order valence-electron chi connectivity index (χ0n) is 13.4. The van der Waals surface area contributed by atoms with E-state index in [2.05, 4.69) is 0 Å². The number of hydrogen-bond donors (Lipinski definition) is 3. The summed E-state index contributed by atoms with van der Waals surface area (Å²) in [6.07, 6.45) is -4.93. The summed E-state index contributed by atoms with van der Waals surface area (Å²) >= 11 is 0. The SMILES string of the molecule is C[C@@H]1CCC[N+]1(C(=O)O)C(=O)[C@H](CCCCN)NC(=O)C(F)(F)F. The first-order chi connectivity index (χ1) is 11.1. The maximum Gasteiger partial charge on any atom is 0.521 e. The molecule has 3 amide bonds. The largest absolute Gasteiger partial charge is 0.521 e. The molecule has 138 valence electrons. The standard InChI is InChI=1S/C14H22F3N3O4/c1-9-5-4-8-20(9,13(23)24)11(21)10(6-2-3-7-18)19-12(22)14(15,16)17/h9-10H,2-8,18H2,1H3,(H-,19,22,23,24)/p+1/t9-,10+,20?/m1/s1. The van der Waals surface area contributed by atoms with Crippen molar-refractivity contribution in [1.29, 1.82) is 0 Å². The van der Waals surface area contributed by atoms with E-state index in [0.717, 1.165) is 0 Å². The van der Waals surface area contributed by atoms with Crippen LogP contribution in [0.3, 0.4) is 0 Å². The zero-order chi connectivity index (χ0) is 18.5. The Balaban J connectivity index is 3.05. The fourth-order valence-corrected chi connectivity index (χ4v) is 3.05. The van der Waals surface area contributed by atoms with Crippen molar-refractivity contribution in [3.05, 3.63) is 0 Å². The van der Waals surface area contributed by atoms with Crippen LogP contribution in [0, 0.1) is 0 Å². The van der Waals surface area contributed by atoms with Gasteiger partial charge in [-0.3, -0.25) is 4.79 Å². The summed E-state index contributed by atoms with van der Waals surface area (Å²) in [5, 5.41) is 11.2. The van der Waals surface area contributed by atoms with Crippen LogP contribution in [0.2, 0.25) is 0 Å². The summed E-state index contributed by atoms with van der Waals surface area (Å²) in [4.78, 5) is 35.7. The topological polar surface area (TPSA) is 109 Å². The van der Waals surface area contributed by atoms with Crippen molar-refractivity contribution in [2.75, 3.05) is 13.1 Å². The Hall–Kier alpha value is -1.68. The Morgan fingerprint density at radius 2 is 1.96 bits per heavy atom. The van der Waals surface area contributed by atoms with Crippen LogP contribution in [0.25, 0.3) is 0 Å². The Morgan fingerprint density at radius 3 is 2.38 bits per heavy atom. The molecule has 0 aromatic carbocycles. The van der Waals surface area contributed by atoms with Gasteiger partial charge in [0.25, 0.3) is 0 Å². The number of nitrogens with two attached hydrogens (primary N) is 1. The molecule has 24 heavy (non-hydrogen) atoms. The fraction of sp³-hybridized carbons (Fsp3) is 0.786. The predicted molar refractivity (Wildman–Crippen MR) is 77.7 cm³/mol. The molecule has 10 heteroatoms. The first kappa shape index (κ1) is 20.4. The third kappa shape index (κ3) is 4.23. The molecule has 0 aromatic heterocycles. The molecule has 3 atom stereocenters. The van der Waals surface area contributed by atoms with Crippen LogP contribution in [0.1, 0.15) is 39.0 Å². The molecule has 0 aliphatic carbocycles. The third-order valence-electron chi connectivity index (χ3n) is 4.43. The quantitative estimate of drug-likeness (QED) is 0.493. The highest BCUT2D eigenvalue weighted by Crippen LogP contribution is 2.30. The molecule has 1 heterocycles. The average molecular weight is 354 g/mol. The number of unbranched alkanes of at least 4 members (excludes halogenated alkanes) is 1. The van der Waals surface area contributed by atoms with Gasteiger partial charge in [0.1, 0.15) is 12.1 Å². The van der Waals surface area contributed by atoms with E-state index in [0.29, 0.717) is 25.7 Å². The van der Waals surface area contributed by atoms with Gasteiger partial charge in [0, 0.05) is 12.8 Å². The van der Waals surface area contributed by atoms with Gasteiger partial charge in [-0.15, -0.1) is 0 Å². The number of amides is 3. The van der Waals surface area contributed by atoms with Crippen LogP contribution in [0.15, 0.2) is 0 Å². The normalized spacial score (nSPS) is 25.3. The predicted octanol–water partition coefficient (Wildman–Crippen LogP) is 1.37. The number of imide groups is 1. The van der Waals surface area contributed by atoms with E-state index >= 15 is 0 Å². The number of carbonyl (C=O) groups is 3. The van der Waals surface area contributed by atoms with E-state index in [-0.39, 0.29) is 19.5 Å². The minimum Gasteiger partial charge on any atom is -0.435 e. The van der Waals surface area contributed by atoms with Gasteiger partial charge in [0.15, 0.2) is 0 Å². The van der Waals surface area contributed by atoms with Crippen molar-refractivity contribution in [1.82, 2.24) is 5.32 Å². The zero-order valence-corrected chi connectivity index (χ0v) is 13.4. The molecule has 0 radical (unpaired) electrons. The lowest BCUT2D eigenvalue weighted by Gasteiger charge is -2.33. The second kappa shape index (κ2) is 7.93. The Kier molecular flexibility index (Phi) is 6.73. The average Bonchev–Trinajstić information content (AvgIpc) is 2.87. The van der Waals surface area contributed by atoms with Gasteiger partial charge in [0.05, 0.1) is 6.54 Å². The first-order valence-electron chi connectivity index (χ1n) is 7.80. The molecule has 1 aliphatic heterocycles. The molecule has 1 rings (SSSR count). The molecule has 1 aliphatic rings. The number of nitrogens with one attached hydrogen (secondary N) is 1. The lowest BCUT2D eigenvalue weighted by atomic mass is 10.1. The number of nitrogens with zero attached hydrogens (tertiary/aromatic N) is 1. The smallest absolute Gasteiger partial charge is 0.435 e. The van der Waals surface area contributed by atoms with E-state index in [4.69, 9.17) is 5.73 Å². The number of carbonyl (C=O) groups excluding carboxylic acids is 2. The van der Waals surface area contributed by atoms with Gasteiger partial charge in [-0.05, 0) is 32.7 Å². The minimum absolute atomic E-state index is 0.00457. The van der Waals surface area contributed by atoms with Crippen molar-refractivity contribution >= 4 is 17.9 Å². The molecule has 0 bridgehead atoms. The molecule has 1 unspecified atom stereocenters. The monoisotopic (exact) mass is 354 g/mol. The minimum atomic E-state index is -5.14. The van der Waals surface area contributed by atoms with Crippen LogP contribution >= 0.6 is 0 Å². The second-order valence-electron chi connectivity index (χ2n) is 6.01. The number of rotatable bonds is 6. The Bertz CT molecular complexity index is 498. The van der Waals surface area contributed by atoms with E-state index in [1.54, 1.807) is 12.2 Å². The highest BCUT2D eigenvalue weighted by Gasteiger charge is 2.56. The van der Waals surface area contributed by atoms with Gasteiger partial charge in [-0.1, -0.05) is 0 Å². The van der Waals surface area contributed by atoms with Crippen molar-refractivity contribution in [2.24, 2.45) is 5.73 Å². The highest BCUT2D eigenvalue weighted by molar-refractivity contribution is 5.90. The number of likely N-dealkylation sites (tertiary alicyclic amines) is 1. The van der Waals surface area contributed by atoms with Crippen LogP contribution in [-0.2, 0) is 9.59 Å². The molecule has 1 saturated heterocycles. The van der Waals surface area contributed by atoms with Crippen LogP contribution in [0.5, 0.6) is 0 Å². The van der Waals surface area contributed by atoms with Gasteiger partial charge in [0.2, 0.25) is 0 Å². The van der Waals surface area contributed by atoms with Crippen molar-refractivity contribution in [3.8, 4) is 0 Å². The van der Waals surface area contributed by atoms with E-state index < -0.39 is 40.7 Å². The summed E-state index contributed by atoms with van der Waals surface area (Å²) in [5.41, 5.74) is 5.33. The molecule has 7 nitrogen and oxygen atoms in total. The molecule has 1 fully saturated rings. The Morgan fingerprint density at radius 1 is 1.33 bits per heavy atom. The maximum atomic E-state index is 12.8. The number of quaternary nitrogens is 1.